The maximum Gasteiger partial charge on any atom is 0.410 e. The number of hydrogen-bond acceptors (Lipinski definition) is 5. The second-order valence-corrected chi connectivity index (χ2v) is 8.96. The molecule has 2 N–H and O–H groups in total. The normalized spacial score (nSPS) is 19.7. The third-order valence-corrected chi connectivity index (χ3v) is 5.77. The van der Waals surface area contributed by atoms with E-state index in [1.54, 1.807) is 0 Å². The summed E-state index contributed by atoms with van der Waals surface area (Å²) in [6.07, 6.45) is 3.16. The number of aryl methyl sites for hydroxylation is 1. The molecule has 0 atom stereocenters. The van der Waals surface area contributed by atoms with Gasteiger partial charge < -0.3 is 20.3 Å². The summed E-state index contributed by atoms with van der Waals surface area (Å²) in [4.78, 5) is 19.2. The van der Waals surface area contributed by atoms with E-state index in [0.717, 1.165) is 51.4 Å². The Labute approximate surface area is 169 Å². The molecule has 2 aliphatic heterocycles. The van der Waals surface area contributed by atoms with Gasteiger partial charge in [0.1, 0.15) is 5.60 Å². The number of benzene rings is 1. The minimum absolute atomic E-state index is 0.183. The van der Waals surface area contributed by atoms with Crippen molar-refractivity contribution in [3.63, 3.8) is 0 Å². The van der Waals surface area contributed by atoms with Gasteiger partial charge in [-0.1, -0.05) is 6.92 Å². The average molecular weight is 389 g/mol. The molecule has 0 radical (unpaired) electrons. The number of nitrogens with two attached hydrogens (primary N) is 1. The molecule has 2 heterocycles. The molecule has 28 heavy (non-hydrogen) atoms. The zero-order valence-electron chi connectivity index (χ0n) is 17.9. The van der Waals surface area contributed by atoms with Crippen LogP contribution in [0.1, 0.15) is 46.1 Å². The van der Waals surface area contributed by atoms with Gasteiger partial charge in [0, 0.05) is 56.7 Å². The smallest absolute Gasteiger partial charge is 0.410 e. The third kappa shape index (κ3) is 5.10. The van der Waals surface area contributed by atoms with Crippen molar-refractivity contribution < 1.29 is 9.53 Å². The van der Waals surface area contributed by atoms with E-state index in [1.807, 2.05) is 31.7 Å². The van der Waals surface area contributed by atoms with E-state index in [1.165, 1.54) is 24.1 Å². The third-order valence-electron chi connectivity index (χ3n) is 5.77. The van der Waals surface area contributed by atoms with E-state index in [9.17, 15) is 4.79 Å². The number of nitrogens with zero attached hydrogens (tertiary/aromatic N) is 3. The lowest BCUT2D eigenvalue weighted by atomic mass is 10.00. The van der Waals surface area contributed by atoms with Crippen LogP contribution in [-0.4, -0.2) is 66.8 Å². The summed E-state index contributed by atoms with van der Waals surface area (Å²) in [7, 11) is 0. The van der Waals surface area contributed by atoms with E-state index in [0.29, 0.717) is 6.04 Å². The van der Waals surface area contributed by atoms with Crippen molar-refractivity contribution in [1.29, 1.82) is 0 Å². The fourth-order valence-corrected chi connectivity index (χ4v) is 4.27. The van der Waals surface area contributed by atoms with Crippen LogP contribution in [0.4, 0.5) is 16.2 Å². The van der Waals surface area contributed by atoms with Crippen LogP contribution >= 0.6 is 0 Å². The van der Waals surface area contributed by atoms with Crippen LogP contribution in [0.25, 0.3) is 0 Å². The molecule has 0 spiro atoms. The predicted molar refractivity (Wildman–Crippen MR) is 115 cm³/mol. The van der Waals surface area contributed by atoms with Gasteiger partial charge in [-0.2, -0.15) is 0 Å². The first kappa shape index (κ1) is 20.8. The summed E-state index contributed by atoms with van der Waals surface area (Å²) in [6.45, 7) is 13.5. The van der Waals surface area contributed by atoms with Crippen molar-refractivity contribution in [2.24, 2.45) is 0 Å². The average Bonchev–Trinajstić information content (AvgIpc) is 2.67. The SMILES string of the molecule is CCc1cc(N)ccc1N1CCC(N2CCN(C(=O)OC(C)(C)C)CC2)CC1. The highest BCUT2D eigenvalue weighted by atomic mass is 16.6. The minimum atomic E-state index is -0.430. The zero-order valence-corrected chi connectivity index (χ0v) is 17.9. The van der Waals surface area contributed by atoms with E-state index < -0.39 is 5.60 Å². The van der Waals surface area contributed by atoms with E-state index >= 15 is 0 Å². The Kier molecular flexibility index (Phi) is 6.38. The van der Waals surface area contributed by atoms with Crippen LogP contribution in [0.15, 0.2) is 18.2 Å². The van der Waals surface area contributed by atoms with Crippen molar-refractivity contribution in [2.75, 3.05) is 49.9 Å². The molecule has 2 saturated heterocycles. The summed E-state index contributed by atoms with van der Waals surface area (Å²) in [5, 5.41) is 0. The Hall–Kier alpha value is -1.95. The van der Waals surface area contributed by atoms with Gasteiger partial charge in [0.05, 0.1) is 0 Å². The van der Waals surface area contributed by atoms with Crippen molar-refractivity contribution in [2.45, 2.75) is 58.6 Å². The molecule has 0 saturated carbocycles. The van der Waals surface area contributed by atoms with Gasteiger partial charge in [0.2, 0.25) is 0 Å². The Bertz CT molecular complexity index is 670. The summed E-state index contributed by atoms with van der Waals surface area (Å²) < 4.78 is 5.50. The van der Waals surface area contributed by atoms with Crippen LogP contribution in [-0.2, 0) is 11.2 Å². The van der Waals surface area contributed by atoms with Crippen LogP contribution in [0, 0.1) is 0 Å². The highest BCUT2D eigenvalue weighted by Crippen LogP contribution is 2.28. The molecule has 2 aliphatic rings. The zero-order chi connectivity index (χ0) is 20.3. The number of carbonyl (C=O) groups excluding carboxylic acids is 1. The molecule has 0 unspecified atom stereocenters. The standard InChI is InChI=1S/C22H36N4O2/c1-5-17-16-18(23)6-7-20(17)25-10-8-19(9-11-25)24-12-14-26(15-13-24)21(27)28-22(2,3)4/h6-7,16,19H,5,8-15,23H2,1-4H3. The van der Waals surface area contributed by atoms with E-state index in [2.05, 4.69) is 28.9 Å². The second kappa shape index (κ2) is 8.60. The molecule has 6 heteroatoms. The van der Waals surface area contributed by atoms with E-state index in [-0.39, 0.29) is 6.09 Å². The molecule has 2 fully saturated rings. The number of carbonyl (C=O) groups is 1. The number of ether oxygens (including phenoxy) is 1. The lowest BCUT2D eigenvalue weighted by Crippen LogP contribution is -2.55. The van der Waals surface area contributed by atoms with Crippen molar-refractivity contribution in [3.8, 4) is 0 Å². The predicted octanol–water partition coefficient (Wildman–Crippen LogP) is 3.35. The Balaban J connectivity index is 1.49. The molecule has 1 aromatic carbocycles. The van der Waals surface area contributed by atoms with Crippen LogP contribution in [0.5, 0.6) is 0 Å². The first-order valence-electron chi connectivity index (χ1n) is 10.6. The molecule has 1 amide bonds. The van der Waals surface area contributed by atoms with Gasteiger partial charge in [-0.05, 0) is 63.8 Å². The molecular weight excluding hydrogens is 352 g/mol. The molecule has 1 aromatic rings. The van der Waals surface area contributed by atoms with Crippen molar-refractivity contribution in [1.82, 2.24) is 9.80 Å². The lowest BCUT2D eigenvalue weighted by Gasteiger charge is -2.43. The summed E-state index contributed by atoms with van der Waals surface area (Å²) in [6, 6.07) is 6.90. The molecule has 0 aliphatic carbocycles. The quantitative estimate of drug-likeness (QED) is 0.805. The highest BCUT2D eigenvalue weighted by molar-refractivity contribution is 5.68. The van der Waals surface area contributed by atoms with Crippen molar-refractivity contribution >= 4 is 17.5 Å². The number of piperidine rings is 1. The number of piperazine rings is 1. The molecule has 0 bridgehead atoms. The Morgan fingerprint density at radius 2 is 1.75 bits per heavy atom. The lowest BCUT2D eigenvalue weighted by molar-refractivity contribution is 0.00902. The molecule has 0 aromatic heterocycles. The molecule has 3 rings (SSSR count). The second-order valence-electron chi connectivity index (χ2n) is 8.96. The first-order valence-corrected chi connectivity index (χ1v) is 10.6. The fraction of sp³-hybridized carbons (Fsp3) is 0.682. The summed E-state index contributed by atoms with van der Waals surface area (Å²) in [5.41, 5.74) is 9.05. The maximum atomic E-state index is 12.3. The number of nitrogen functional groups attached to an aromatic ring is 1. The number of amides is 1. The van der Waals surface area contributed by atoms with Gasteiger partial charge in [-0.3, -0.25) is 4.90 Å². The fourth-order valence-electron chi connectivity index (χ4n) is 4.27. The van der Waals surface area contributed by atoms with Gasteiger partial charge in [-0.25, -0.2) is 4.79 Å². The van der Waals surface area contributed by atoms with Gasteiger partial charge in [0.15, 0.2) is 0 Å². The summed E-state index contributed by atoms with van der Waals surface area (Å²) >= 11 is 0. The topological polar surface area (TPSA) is 62.0 Å². The monoisotopic (exact) mass is 388 g/mol. The number of hydrogen-bond donors (Lipinski definition) is 1. The minimum Gasteiger partial charge on any atom is -0.444 e. The van der Waals surface area contributed by atoms with E-state index in [4.69, 9.17) is 10.5 Å². The molecule has 6 nitrogen and oxygen atoms in total. The Morgan fingerprint density at radius 1 is 1.11 bits per heavy atom. The first-order chi connectivity index (χ1) is 13.3. The maximum absolute atomic E-state index is 12.3. The van der Waals surface area contributed by atoms with Gasteiger partial charge in [0.25, 0.3) is 0 Å². The van der Waals surface area contributed by atoms with Gasteiger partial charge in [-0.15, -0.1) is 0 Å². The van der Waals surface area contributed by atoms with Crippen molar-refractivity contribution in [3.05, 3.63) is 23.8 Å². The van der Waals surface area contributed by atoms with Crippen LogP contribution in [0.2, 0.25) is 0 Å². The highest BCUT2D eigenvalue weighted by Gasteiger charge is 2.31. The Morgan fingerprint density at radius 3 is 2.32 bits per heavy atom. The molecular formula is C22H36N4O2. The van der Waals surface area contributed by atoms with Gasteiger partial charge >= 0.3 is 6.09 Å². The number of anilines is 2. The van der Waals surface area contributed by atoms with Crippen LogP contribution in [0.3, 0.4) is 0 Å². The van der Waals surface area contributed by atoms with Crippen LogP contribution < -0.4 is 10.6 Å². The summed E-state index contributed by atoms with van der Waals surface area (Å²) in [5.74, 6) is 0. The number of rotatable bonds is 3. The molecule has 156 valence electrons. The largest absolute Gasteiger partial charge is 0.444 e.